The summed E-state index contributed by atoms with van der Waals surface area (Å²) in [7, 11) is 1.68. The predicted octanol–water partition coefficient (Wildman–Crippen LogP) is 3.67. The van der Waals surface area contributed by atoms with E-state index in [0.29, 0.717) is 17.3 Å². The summed E-state index contributed by atoms with van der Waals surface area (Å²) in [5, 5.41) is 4.73. The van der Waals surface area contributed by atoms with Crippen LogP contribution < -0.4 is 15.8 Å². The first kappa shape index (κ1) is 21.3. The van der Waals surface area contributed by atoms with Gasteiger partial charge in [-0.2, -0.15) is 4.98 Å². The summed E-state index contributed by atoms with van der Waals surface area (Å²) in [4.78, 5) is 13.2. The molecule has 0 bridgehead atoms. The molecule has 0 aliphatic rings. The van der Waals surface area contributed by atoms with Crippen molar-refractivity contribution >= 4 is 28.6 Å². The molecule has 8 heteroatoms. The third-order valence-corrected chi connectivity index (χ3v) is 5.16. The van der Waals surface area contributed by atoms with Gasteiger partial charge in [0.1, 0.15) is 16.5 Å². The fraction of sp³-hybridized carbons (Fsp3) is 0.476. The molecular weight excluding hydrogens is 388 g/mol. The minimum atomic E-state index is 0.0442. The molecule has 0 fully saturated rings. The number of nitrogens with zero attached hydrogens (tertiary/aromatic N) is 4. The van der Waals surface area contributed by atoms with E-state index in [1.807, 2.05) is 24.6 Å². The number of fused-ring (bicyclic) bond motifs is 1. The maximum absolute atomic E-state index is 6.45. The van der Waals surface area contributed by atoms with Crippen LogP contribution in [0.3, 0.4) is 0 Å². The van der Waals surface area contributed by atoms with Crippen molar-refractivity contribution in [2.75, 3.05) is 19.4 Å². The Bertz CT molecular complexity index is 1040. The molecule has 0 spiro atoms. The van der Waals surface area contributed by atoms with Crippen LogP contribution in [0.4, 0.5) is 5.95 Å². The Morgan fingerprint density at radius 2 is 1.97 bits per heavy atom. The third-order valence-electron chi connectivity index (χ3n) is 4.89. The number of methoxy groups -OCH3 is 1. The second-order valence-corrected chi connectivity index (χ2v) is 8.68. The van der Waals surface area contributed by atoms with Gasteiger partial charge in [0, 0.05) is 29.1 Å². The van der Waals surface area contributed by atoms with Crippen LogP contribution in [0.5, 0.6) is 5.75 Å². The smallest absolute Gasteiger partial charge is 0.223 e. The van der Waals surface area contributed by atoms with E-state index in [9.17, 15) is 0 Å². The highest BCUT2D eigenvalue weighted by atomic mass is 35.5. The predicted molar refractivity (Wildman–Crippen MR) is 118 cm³/mol. The molecule has 0 aromatic carbocycles. The number of nitrogens with two attached hydrogens (primary N) is 1. The first-order valence-corrected chi connectivity index (χ1v) is 10.0. The van der Waals surface area contributed by atoms with E-state index >= 15 is 0 Å². The Morgan fingerprint density at radius 1 is 1.24 bits per heavy atom. The van der Waals surface area contributed by atoms with Gasteiger partial charge < -0.3 is 20.4 Å². The summed E-state index contributed by atoms with van der Waals surface area (Å²) >= 11 is 6.45. The monoisotopic (exact) mass is 416 g/mol. The first-order chi connectivity index (χ1) is 13.6. The van der Waals surface area contributed by atoms with Gasteiger partial charge in [-0.1, -0.05) is 11.6 Å². The zero-order valence-corrected chi connectivity index (χ0v) is 18.7. The molecule has 3 aromatic rings. The van der Waals surface area contributed by atoms with E-state index < -0.39 is 0 Å². The highest BCUT2D eigenvalue weighted by Gasteiger charge is 2.18. The zero-order valence-electron chi connectivity index (χ0n) is 17.9. The van der Waals surface area contributed by atoms with Crippen LogP contribution in [0.15, 0.2) is 12.4 Å². The number of aryl methyl sites for hydroxylation is 1. The van der Waals surface area contributed by atoms with E-state index in [2.05, 4.69) is 47.2 Å². The molecule has 0 aliphatic heterocycles. The molecule has 0 radical (unpaired) electrons. The molecule has 0 saturated carbocycles. The maximum atomic E-state index is 6.45. The van der Waals surface area contributed by atoms with Crippen LogP contribution >= 0.6 is 11.6 Å². The highest BCUT2D eigenvalue weighted by molar-refractivity contribution is 6.34. The molecule has 0 unspecified atom stereocenters. The lowest BCUT2D eigenvalue weighted by atomic mass is 10.1. The summed E-state index contributed by atoms with van der Waals surface area (Å²) in [6, 6.07) is 0. The van der Waals surface area contributed by atoms with Crippen molar-refractivity contribution in [3.05, 3.63) is 39.9 Å². The lowest BCUT2D eigenvalue weighted by Gasteiger charge is -2.20. The number of hydrogen-bond donors (Lipinski definition) is 2. The van der Waals surface area contributed by atoms with Crippen molar-refractivity contribution in [1.29, 1.82) is 0 Å². The summed E-state index contributed by atoms with van der Waals surface area (Å²) < 4.78 is 7.58. The number of nitrogen functional groups attached to an aromatic ring is 1. The van der Waals surface area contributed by atoms with Crippen molar-refractivity contribution < 1.29 is 4.74 Å². The van der Waals surface area contributed by atoms with Crippen molar-refractivity contribution in [3.63, 3.8) is 0 Å². The second-order valence-electron chi connectivity index (χ2n) is 8.33. The van der Waals surface area contributed by atoms with Crippen molar-refractivity contribution in [2.45, 2.75) is 53.1 Å². The molecule has 3 N–H and O–H groups in total. The van der Waals surface area contributed by atoms with Crippen LogP contribution in [0.25, 0.3) is 11.0 Å². The minimum Gasteiger partial charge on any atom is -0.496 e. The Hall–Kier alpha value is -2.38. The standard InChI is InChI=1S/C21H29ClN6O/c1-12-9-24-15(13(2)17(12)29-6)11-28-10-14(7-8-25-21(3,4)5)16-18(22)26-20(23)27-19(16)28/h9-10,25H,7-8,11H2,1-6H3,(H2,23,26,27). The molecule has 0 amide bonds. The summed E-state index contributed by atoms with van der Waals surface area (Å²) in [5.41, 5.74) is 10.7. The Labute approximate surface area is 176 Å². The molecule has 0 atom stereocenters. The normalized spacial score (nSPS) is 12.0. The molecular formula is C21H29ClN6O. The summed E-state index contributed by atoms with van der Waals surface area (Å²) in [6.07, 6.45) is 4.71. The number of ether oxygens (including phenoxy) is 1. The third kappa shape index (κ3) is 4.62. The average Bonchev–Trinajstić information content (AvgIpc) is 2.94. The van der Waals surface area contributed by atoms with E-state index in [0.717, 1.165) is 46.5 Å². The number of hydrogen-bond acceptors (Lipinski definition) is 6. The lowest BCUT2D eigenvalue weighted by Crippen LogP contribution is -2.37. The molecule has 0 saturated heterocycles. The van der Waals surface area contributed by atoms with Crippen LogP contribution in [-0.2, 0) is 13.0 Å². The molecule has 0 aliphatic carbocycles. The first-order valence-electron chi connectivity index (χ1n) is 9.65. The van der Waals surface area contributed by atoms with Gasteiger partial charge in [0.25, 0.3) is 0 Å². The van der Waals surface area contributed by atoms with Gasteiger partial charge in [-0.3, -0.25) is 4.98 Å². The van der Waals surface area contributed by atoms with Crippen LogP contribution in [-0.4, -0.2) is 38.7 Å². The van der Waals surface area contributed by atoms with Gasteiger partial charge in [-0.25, -0.2) is 4.98 Å². The van der Waals surface area contributed by atoms with Crippen LogP contribution in [0.1, 0.15) is 43.2 Å². The average molecular weight is 417 g/mol. The van der Waals surface area contributed by atoms with E-state index in [-0.39, 0.29) is 11.5 Å². The van der Waals surface area contributed by atoms with Gasteiger partial charge >= 0.3 is 0 Å². The number of nitrogens with one attached hydrogen (secondary N) is 1. The van der Waals surface area contributed by atoms with Crippen LogP contribution in [0.2, 0.25) is 5.15 Å². The quantitative estimate of drug-likeness (QED) is 0.596. The van der Waals surface area contributed by atoms with Gasteiger partial charge in [-0.15, -0.1) is 0 Å². The van der Waals surface area contributed by atoms with E-state index in [1.54, 1.807) is 7.11 Å². The molecule has 3 rings (SSSR count). The van der Waals surface area contributed by atoms with Gasteiger partial charge in [0.15, 0.2) is 0 Å². The van der Waals surface area contributed by atoms with Gasteiger partial charge in [-0.05, 0) is 53.1 Å². The van der Waals surface area contributed by atoms with Gasteiger partial charge in [0.05, 0.1) is 24.7 Å². The summed E-state index contributed by atoms with van der Waals surface area (Å²) in [5.74, 6) is 1.01. The van der Waals surface area contributed by atoms with Crippen molar-refractivity contribution in [1.82, 2.24) is 24.8 Å². The Morgan fingerprint density at radius 3 is 2.62 bits per heavy atom. The Balaban J connectivity index is 2.02. The molecule has 3 aromatic heterocycles. The summed E-state index contributed by atoms with van der Waals surface area (Å²) in [6.45, 7) is 11.8. The highest BCUT2D eigenvalue weighted by Crippen LogP contribution is 2.30. The number of halogens is 1. The van der Waals surface area contributed by atoms with E-state index in [1.165, 1.54) is 0 Å². The number of pyridine rings is 1. The fourth-order valence-corrected chi connectivity index (χ4v) is 3.80. The maximum Gasteiger partial charge on any atom is 0.223 e. The second kappa shape index (κ2) is 8.16. The van der Waals surface area contributed by atoms with Crippen molar-refractivity contribution in [3.8, 4) is 5.75 Å². The Kier molecular flexibility index (Phi) is 6.00. The molecule has 7 nitrogen and oxygen atoms in total. The number of aromatic nitrogens is 4. The van der Waals surface area contributed by atoms with Gasteiger partial charge in [0.2, 0.25) is 5.95 Å². The SMILES string of the molecule is COc1c(C)cnc(Cn2cc(CCNC(C)(C)C)c3c(Cl)nc(N)nc32)c1C. The molecule has 3 heterocycles. The number of anilines is 1. The number of rotatable bonds is 6. The molecule has 29 heavy (non-hydrogen) atoms. The largest absolute Gasteiger partial charge is 0.496 e. The fourth-order valence-electron chi connectivity index (χ4n) is 3.51. The minimum absolute atomic E-state index is 0.0442. The topological polar surface area (TPSA) is 90.9 Å². The van der Waals surface area contributed by atoms with Crippen LogP contribution in [0, 0.1) is 13.8 Å². The molecule has 156 valence electrons. The lowest BCUT2D eigenvalue weighted by molar-refractivity contribution is 0.406. The van der Waals surface area contributed by atoms with Crippen molar-refractivity contribution in [2.24, 2.45) is 0 Å². The zero-order chi connectivity index (χ0) is 21.3. The van der Waals surface area contributed by atoms with E-state index in [4.69, 9.17) is 22.1 Å².